The minimum absolute atomic E-state index is 0.278. The van der Waals surface area contributed by atoms with E-state index in [1.807, 2.05) is 6.92 Å². The molecule has 1 unspecified atom stereocenters. The van der Waals surface area contributed by atoms with Gasteiger partial charge in [0.15, 0.2) is 11.9 Å². The second-order valence-electron chi connectivity index (χ2n) is 4.58. The molecule has 21 heavy (non-hydrogen) atoms. The van der Waals surface area contributed by atoms with Crippen LogP contribution < -0.4 is 5.73 Å². The first-order valence-electron chi connectivity index (χ1n) is 6.59. The summed E-state index contributed by atoms with van der Waals surface area (Å²) < 4.78 is 11.2. The van der Waals surface area contributed by atoms with E-state index < -0.39 is 12.1 Å². The molecule has 0 spiro atoms. The number of ether oxygens (including phenoxy) is 1. The number of hydrogen-bond donors (Lipinski definition) is 1. The van der Waals surface area contributed by atoms with Gasteiger partial charge in [-0.2, -0.15) is 4.98 Å². The highest BCUT2D eigenvalue weighted by Gasteiger charge is 2.21. The second kappa shape index (κ2) is 6.71. The minimum atomic E-state index is -0.631. The van der Waals surface area contributed by atoms with Gasteiger partial charge in [0.25, 0.3) is 5.89 Å². The summed E-state index contributed by atoms with van der Waals surface area (Å²) in [6, 6.07) is 5.00. The summed E-state index contributed by atoms with van der Waals surface area (Å²) >= 11 is 3.29. The molecule has 0 saturated heterocycles. The van der Waals surface area contributed by atoms with E-state index >= 15 is 0 Å². The molecule has 7 heteroatoms. The first kappa shape index (κ1) is 15.5. The van der Waals surface area contributed by atoms with Crippen molar-refractivity contribution >= 4 is 27.6 Å². The number of benzene rings is 1. The fourth-order valence-corrected chi connectivity index (χ4v) is 2.10. The van der Waals surface area contributed by atoms with Crippen molar-refractivity contribution in [1.29, 1.82) is 0 Å². The Hall–Kier alpha value is -1.89. The molecule has 1 heterocycles. The lowest BCUT2D eigenvalue weighted by molar-refractivity contribution is 0.0266. The molecule has 1 atom stereocenters. The molecule has 1 aromatic heterocycles. The predicted octanol–water partition coefficient (Wildman–Crippen LogP) is 3.28. The molecule has 0 aliphatic heterocycles. The topological polar surface area (TPSA) is 91.2 Å². The molecule has 112 valence electrons. The van der Waals surface area contributed by atoms with Gasteiger partial charge in [-0.05, 0) is 31.5 Å². The Morgan fingerprint density at radius 1 is 1.52 bits per heavy atom. The van der Waals surface area contributed by atoms with Crippen LogP contribution in [0.4, 0.5) is 5.69 Å². The number of anilines is 1. The maximum atomic E-state index is 12.1. The van der Waals surface area contributed by atoms with Crippen LogP contribution in [0.25, 0.3) is 0 Å². The third-order valence-electron chi connectivity index (χ3n) is 2.82. The van der Waals surface area contributed by atoms with Gasteiger partial charge in [-0.3, -0.25) is 0 Å². The summed E-state index contributed by atoms with van der Waals surface area (Å²) in [5.74, 6) is 0.356. The van der Waals surface area contributed by atoms with Crippen LogP contribution in [0.1, 0.15) is 48.4 Å². The van der Waals surface area contributed by atoms with E-state index in [0.29, 0.717) is 17.1 Å². The number of nitrogens with two attached hydrogens (primary N) is 1. The number of nitrogen functional groups attached to an aromatic ring is 1. The fraction of sp³-hybridized carbons (Fsp3) is 0.357. The van der Waals surface area contributed by atoms with Crippen molar-refractivity contribution in [2.24, 2.45) is 0 Å². The average molecular weight is 354 g/mol. The van der Waals surface area contributed by atoms with E-state index in [-0.39, 0.29) is 5.89 Å². The summed E-state index contributed by atoms with van der Waals surface area (Å²) in [4.78, 5) is 16.3. The molecule has 6 nitrogen and oxygen atoms in total. The lowest BCUT2D eigenvalue weighted by Gasteiger charge is -2.10. The van der Waals surface area contributed by atoms with Crippen LogP contribution in [0.3, 0.4) is 0 Å². The van der Waals surface area contributed by atoms with Gasteiger partial charge < -0.3 is 15.0 Å². The molecular weight excluding hydrogens is 338 g/mol. The summed E-state index contributed by atoms with van der Waals surface area (Å²) in [5, 5.41) is 3.83. The van der Waals surface area contributed by atoms with Crippen LogP contribution in [-0.2, 0) is 11.2 Å². The Morgan fingerprint density at radius 3 is 3.00 bits per heavy atom. The molecule has 1 aromatic carbocycles. The summed E-state index contributed by atoms with van der Waals surface area (Å²) in [5.41, 5.74) is 6.43. The molecule has 0 radical (unpaired) electrons. The Kier molecular flexibility index (Phi) is 4.95. The number of halogens is 1. The monoisotopic (exact) mass is 353 g/mol. The molecule has 0 saturated carbocycles. The third kappa shape index (κ3) is 3.81. The van der Waals surface area contributed by atoms with Gasteiger partial charge in [0.2, 0.25) is 0 Å². The molecule has 0 aliphatic rings. The average Bonchev–Trinajstić information content (AvgIpc) is 2.90. The molecule has 0 fully saturated rings. The van der Waals surface area contributed by atoms with E-state index in [9.17, 15) is 4.79 Å². The fourth-order valence-electron chi connectivity index (χ4n) is 1.74. The minimum Gasteiger partial charge on any atom is -0.449 e. The van der Waals surface area contributed by atoms with Crippen molar-refractivity contribution in [3.05, 3.63) is 40.0 Å². The highest BCUT2D eigenvalue weighted by molar-refractivity contribution is 9.10. The van der Waals surface area contributed by atoms with Gasteiger partial charge in [0.1, 0.15) is 0 Å². The maximum Gasteiger partial charge on any atom is 0.341 e. The number of aryl methyl sites for hydroxylation is 1. The number of aromatic nitrogens is 2. The number of esters is 1. The first-order valence-corrected chi connectivity index (χ1v) is 7.39. The van der Waals surface area contributed by atoms with Crippen molar-refractivity contribution in [1.82, 2.24) is 10.1 Å². The third-order valence-corrected chi connectivity index (χ3v) is 3.32. The summed E-state index contributed by atoms with van der Waals surface area (Å²) in [6.45, 7) is 3.70. The van der Waals surface area contributed by atoms with Crippen molar-refractivity contribution < 1.29 is 14.1 Å². The van der Waals surface area contributed by atoms with Gasteiger partial charge in [-0.25, -0.2) is 4.79 Å². The lowest BCUT2D eigenvalue weighted by atomic mass is 10.2. The molecule has 2 N–H and O–H groups in total. The normalized spacial score (nSPS) is 12.1. The van der Waals surface area contributed by atoms with Crippen molar-refractivity contribution in [3.63, 3.8) is 0 Å². The summed E-state index contributed by atoms with van der Waals surface area (Å²) in [6.07, 6.45) is 1.01. The number of rotatable bonds is 5. The number of carbonyl (C=O) groups is 1. The van der Waals surface area contributed by atoms with Crippen LogP contribution in [0, 0.1) is 0 Å². The van der Waals surface area contributed by atoms with Gasteiger partial charge in [0.05, 0.1) is 5.56 Å². The smallest absolute Gasteiger partial charge is 0.341 e. The summed E-state index contributed by atoms with van der Waals surface area (Å²) in [7, 11) is 0. The predicted molar refractivity (Wildman–Crippen MR) is 80.7 cm³/mol. The Labute approximate surface area is 130 Å². The number of carbonyl (C=O) groups excluding carboxylic acids is 1. The largest absolute Gasteiger partial charge is 0.449 e. The van der Waals surface area contributed by atoms with Crippen LogP contribution in [-0.4, -0.2) is 16.1 Å². The van der Waals surface area contributed by atoms with Crippen LogP contribution >= 0.6 is 15.9 Å². The molecule has 2 aromatic rings. The van der Waals surface area contributed by atoms with Crippen molar-refractivity contribution in [2.45, 2.75) is 32.8 Å². The SMILES string of the molecule is CCCc1noc(C(C)OC(=O)c2cc(Br)ccc2N)n1. The van der Waals surface area contributed by atoms with E-state index in [2.05, 4.69) is 26.1 Å². The molecule has 0 bridgehead atoms. The van der Waals surface area contributed by atoms with E-state index in [1.54, 1.807) is 25.1 Å². The van der Waals surface area contributed by atoms with Crippen molar-refractivity contribution in [3.8, 4) is 0 Å². The molecule has 0 amide bonds. The molecule has 2 rings (SSSR count). The number of nitrogens with zero attached hydrogens (tertiary/aromatic N) is 2. The zero-order valence-electron chi connectivity index (χ0n) is 11.8. The second-order valence-corrected chi connectivity index (χ2v) is 5.49. The van der Waals surface area contributed by atoms with Crippen LogP contribution in [0.15, 0.2) is 27.2 Å². The highest BCUT2D eigenvalue weighted by atomic mass is 79.9. The standard InChI is InChI=1S/C14H16BrN3O3/c1-3-4-12-17-13(21-18-12)8(2)20-14(19)10-7-9(15)5-6-11(10)16/h5-8H,3-4,16H2,1-2H3. The molecule has 0 aliphatic carbocycles. The van der Waals surface area contributed by atoms with Gasteiger partial charge in [-0.15, -0.1) is 0 Å². The Morgan fingerprint density at radius 2 is 2.29 bits per heavy atom. The van der Waals surface area contributed by atoms with Gasteiger partial charge in [-0.1, -0.05) is 28.0 Å². The zero-order valence-corrected chi connectivity index (χ0v) is 13.4. The number of hydrogen-bond acceptors (Lipinski definition) is 6. The zero-order chi connectivity index (χ0) is 15.4. The highest BCUT2D eigenvalue weighted by Crippen LogP contribution is 2.22. The first-order chi connectivity index (χ1) is 10.0. The van der Waals surface area contributed by atoms with Crippen LogP contribution in [0.2, 0.25) is 0 Å². The van der Waals surface area contributed by atoms with E-state index in [0.717, 1.165) is 17.3 Å². The lowest BCUT2D eigenvalue weighted by Crippen LogP contribution is -2.11. The molecular formula is C14H16BrN3O3. The van der Waals surface area contributed by atoms with Gasteiger partial charge >= 0.3 is 5.97 Å². The maximum absolute atomic E-state index is 12.1. The van der Waals surface area contributed by atoms with Crippen LogP contribution in [0.5, 0.6) is 0 Å². The van der Waals surface area contributed by atoms with Crippen molar-refractivity contribution in [2.75, 3.05) is 5.73 Å². The quantitative estimate of drug-likeness (QED) is 0.654. The van der Waals surface area contributed by atoms with E-state index in [4.69, 9.17) is 15.0 Å². The van der Waals surface area contributed by atoms with E-state index in [1.165, 1.54) is 0 Å². The Balaban J connectivity index is 2.09. The van der Waals surface area contributed by atoms with Gasteiger partial charge in [0, 0.05) is 16.6 Å². The Bertz CT molecular complexity index is 642.